The van der Waals surface area contributed by atoms with Crippen molar-refractivity contribution in [1.29, 1.82) is 0 Å². The maximum Gasteiger partial charge on any atom is 0.0110 e. The minimum Gasteiger partial charge on any atom is -0.311 e. The molecule has 0 amide bonds. The summed E-state index contributed by atoms with van der Waals surface area (Å²) in [5.74, 6) is 0. The van der Waals surface area contributed by atoms with Crippen LogP contribution in [0.2, 0.25) is 0 Å². The lowest BCUT2D eigenvalue weighted by atomic mass is 9.81. The minimum atomic E-state index is 0.835. The Kier molecular flexibility index (Phi) is 2.73. The summed E-state index contributed by atoms with van der Waals surface area (Å²) in [7, 11) is 2.34. The molecule has 0 radical (unpaired) electrons. The highest BCUT2D eigenvalue weighted by Crippen LogP contribution is 2.33. The van der Waals surface area contributed by atoms with Gasteiger partial charge < -0.3 is 10.2 Å². The second kappa shape index (κ2) is 4.06. The third kappa shape index (κ3) is 1.94. The Balaban J connectivity index is 1.58. The summed E-state index contributed by atoms with van der Waals surface area (Å²) in [5.41, 5.74) is 0. The third-order valence-corrected chi connectivity index (χ3v) is 4.92. The molecule has 0 aromatic rings. The van der Waals surface area contributed by atoms with Crippen molar-refractivity contribution in [2.75, 3.05) is 7.05 Å². The number of rotatable bonds is 2. The number of nitrogens with zero attached hydrogens (tertiary/aromatic N) is 1. The zero-order valence-corrected chi connectivity index (χ0v) is 9.91. The van der Waals surface area contributed by atoms with Gasteiger partial charge >= 0.3 is 0 Å². The fourth-order valence-corrected chi connectivity index (χ4v) is 3.66. The standard InChI is InChI=1S/C13H24N2/c1-15-12-6-3-7-13(15)9-11(8-12)14-10-4-2-5-10/h10-14H,2-9H2,1H3/t11?,12-,13+. The quantitative estimate of drug-likeness (QED) is 0.748. The van der Waals surface area contributed by atoms with Gasteiger partial charge in [-0.3, -0.25) is 0 Å². The van der Waals surface area contributed by atoms with E-state index in [1.54, 1.807) is 0 Å². The van der Waals surface area contributed by atoms with E-state index in [1.165, 1.54) is 51.4 Å². The van der Waals surface area contributed by atoms with E-state index in [0.717, 1.165) is 24.2 Å². The van der Waals surface area contributed by atoms with Crippen LogP contribution in [0.4, 0.5) is 0 Å². The molecule has 3 atom stereocenters. The highest BCUT2D eigenvalue weighted by atomic mass is 15.2. The van der Waals surface area contributed by atoms with Gasteiger partial charge in [0, 0.05) is 24.2 Å². The summed E-state index contributed by atoms with van der Waals surface area (Å²) in [6, 6.07) is 3.48. The molecule has 3 fully saturated rings. The van der Waals surface area contributed by atoms with Gasteiger partial charge in [0.1, 0.15) is 0 Å². The Hall–Kier alpha value is -0.0800. The van der Waals surface area contributed by atoms with E-state index >= 15 is 0 Å². The van der Waals surface area contributed by atoms with E-state index in [0.29, 0.717) is 0 Å². The van der Waals surface area contributed by atoms with Crippen molar-refractivity contribution < 1.29 is 0 Å². The van der Waals surface area contributed by atoms with Crippen molar-refractivity contribution >= 4 is 0 Å². The largest absolute Gasteiger partial charge is 0.311 e. The lowest BCUT2D eigenvalue weighted by Crippen LogP contribution is -2.56. The molecule has 1 unspecified atom stereocenters. The summed E-state index contributed by atoms with van der Waals surface area (Å²) in [6.45, 7) is 0. The van der Waals surface area contributed by atoms with Crippen molar-refractivity contribution in [2.45, 2.75) is 75.5 Å². The van der Waals surface area contributed by atoms with Gasteiger partial charge in [0.05, 0.1) is 0 Å². The van der Waals surface area contributed by atoms with Crippen LogP contribution in [-0.4, -0.2) is 36.1 Å². The Morgan fingerprint density at radius 2 is 1.47 bits per heavy atom. The zero-order chi connectivity index (χ0) is 10.3. The van der Waals surface area contributed by atoms with Crippen LogP contribution in [0.5, 0.6) is 0 Å². The van der Waals surface area contributed by atoms with Gasteiger partial charge in [-0.2, -0.15) is 0 Å². The first kappa shape index (κ1) is 10.1. The molecule has 1 saturated carbocycles. The van der Waals surface area contributed by atoms with E-state index in [-0.39, 0.29) is 0 Å². The van der Waals surface area contributed by atoms with E-state index in [2.05, 4.69) is 17.3 Å². The highest BCUT2D eigenvalue weighted by Gasteiger charge is 2.36. The second-order valence-corrected chi connectivity index (χ2v) is 5.87. The highest BCUT2D eigenvalue weighted by molar-refractivity contribution is 4.95. The molecule has 3 aliphatic rings. The van der Waals surface area contributed by atoms with Crippen molar-refractivity contribution in [3.63, 3.8) is 0 Å². The Morgan fingerprint density at radius 3 is 2.00 bits per heavy atom. The van der Waals surface area contributed by atoms with E-state index in [1.807, 2.05) is 0 Å². The topological polar surface area (TPSA) is 15.3 Å². The van der Waals surface area contributed by atoms with Crippen LogP contribution in [0.25, 0.3) is 0 Å². The fraction of sp³-hybridized carbons (Fsp3) is 1.00. The Bertz CT molecular complexity index is 211. The molecule has 2 nitrogen and oxygen atoms in total. The van der Waals surface area contributed by atoms with E-state index in [4.69, 9.17) is 0 Å². The summed E-state index contributed by atoms with van der Waals surface area (Å²) >= 11 is 0. The van der Waals surface area contributed by atoms with Crippen LogP contribution >= 0.6 is 0 Å². The summed E-state index contributed by atoms with van der Waals surface area (Å²) < 4.78 is 0. The molecular formula is C13H24N2. The summed E-state index contributed by atoms with van der Waals surface area (Å²) in [6.07, 6.45) is 11.5. The average molecular weight is 208 g/mol. The van der Waals surface area contributed by atoms with Gasteiger partial charge in [0.15, 0.2) is 0 Å². The van der Waals surface area contributed by atoms with Gasteiger partial charge in [-0.25, -0.2) is 0 Å². The van der Waals surface area contributed by atoms with Gasteiger partial charge in [0.25, 0.3) is 0 Å². The molecule has 86 valence electrons. The minimum absolute atomic E-state index is 0.835. The Morgan fingerprint density at radius 1 is 0.867 bits per heavy atom. The molecule has 2 saturated heterocycles. The van der Waals surface area contributed by atoms with Gasteiger partial charge in [-0.1, -0.05) is 12.8 Å². The normalized spacial score (nSPS) is 42.6. The third-order valence-electron chi connectivity index (χ3n) is 4.92. The summed E-state index contributed by atoms with van der Waals surface area (Å²) in [4.78, 5) is 2.66. The molecule has 2 bridgehead atoms. The lowest BCUT2D eigenvalue weighted by molar-refractivity contribution is 0.0428. The SMILES string of the molecule is CN1[C@@H]2CCC[C@H]1CC(NC1CCC1)C2. The predicted molar refractivity (Wildman–Crippen MR) is 63.0 cm³/mol. The number of hydrogen-bond donors (Lipinski definition) is 1. The molecule has 0 aromatic heterocycles. The van der Waals surface area contributed by atoms with E-state index in [9.17, 15) is 0 Å². The van der Waals surface area contributed by atoms with E-state index < -0.39 is 0 Å². The van der Waals surface area contributed by atoms with Gasteiger partial charge in [-0.05, 0) is 45.6 Å². The first-order chi connectivity index (χ1) is 7.33. The van der Waals surface area contributed by atoms with Crippen molar-refractivity contribution in [3.05, 3.63) is 0 Å². The zero-order valence-electron chi connectivity index (χ0n) is 9.91. The number of fused-ring (bicyclic) bond motifs is 2. The number of piperidine rings is 2. The van der Waals surface area contributed by atoms with Crippen LogP contribution < -0.4 is 5.32 Å². The van der Waals surface area contributed by atoms with Crippen molar-refractivity contribution in [3.8, 4) is 0 Å². The average Bonchev–Trinajstić information content (AvgIpc) is 2.12. The predicted octanol–water partition coefficient (Wildman–Crippen LogP) is 2.14. The first-order valence-electron chi connectivity index (χ1n) is 6.81. The Labute approximate surface area is 93.4 Å². The monoisotopic (exact) mass is 208 g/mol. The smallest absolute Gasteiger partial charge is 0.0110 e. The lowest BCUT2D eigenvalue weighted by Gasteiger charge is -2.48. The molecule has 0 aromatic carbocycles. The number of nitrogens with one attached hydrogen (secondary N) is 1. The van der Waals surface area contributed by atoms with Crippen molar-refractivity contribution in [2.24, 2.45) is 0 Å². The van der Waals surface area contributed by atoms with Crippen molar-refractivity contribution in [1.82, 2.24) is 10.2 Å². The van der Waals surface area contributed by atoms with Crippen LogP contribution in [0.15, 0.2) is 0 Å². The van der Waals surface area contributed by atoms with Crippen LogP contribution in [0.1, 0.15) is 51.4 Å². The molecule has 1 aliphatic carbocycles. The van der Waals surface area contributed by atoms with Crippen LogP contribution in [0, 0.1) is 0 Å². The van der Waals surface area contributed by atoms with Crippen LogP contribution in [-0.2, 0) is 0 Å². The fourth-order valence-electron chi connectivity index (χ4n) is 3.66. The molecule has 2 heteroatoms. The van der Waals surface area contributed by atoms with Gasteiger partial charge in [0.2, 0.25) is 0 Å². The van der Waals surface area contributed by atoms with Crippen LogP contribution in [0.3, 0.4) is 0 Å². The molecule has 1 N–H and O–H groups in total. The molecule has 2 aliphatic heterocycles. The van der Waals surface area contributed by atoms with Gasteiger partial charge in [-0.15, -0.1) is 0 Å². The molecular weight excluding hydrogens is 184 g/mol. The molecule has 3 rings (SSSR count). The maximum absolute atomic E-state index is 3.88. The number of hydrogen-bond acceptors (Lipinski definition) is 2. The first-order valence-corrected chi connectivity index (χ1v) is 6.81. The maximum atomic E-state index is 3.88. The molecule has 0 spiro atoms. The molecule has 2 heterocycles. The summed E-state index contributed by atoms with van der Waals surface area (Å²) in [5, 5.41) is 3.88. The second-order valence-electron chi connectivity index (χ2n) is 5.87. The molecule has 15 heavy (non-hydrogen) atoms.